The first-order valence-corrected chi connectivity index (χ1v) is 11.3. The van der Waals surface area contributed by atoms with Crippen molar-refractivity contribution in [2.75, 3.05) is 19.7 Å². The van der Waals surface area contributed by atoms with E-state index in [9.17, 15) is 9.59 Å². The highest BCUT2D eigenvalue weighted by Crippen LogP contribution is 2.29. The SMILES string of the molecule is CCOC(=O)C1CC[NH+](Cc2nc3sc(C)c(C[C@H](C)CC)c3c(=O)[nH]2)CC1. The van der Waals surface area contributed by atoms with E-state index in [1.54, 1.807) is 11.3 Å². The standard InChI is InChI=1S/C21H31N3O3S/c1-5-13(3)11-16-14(4)28-20-18(16)19(25)22-17(23-20)12-24-9-7-15(8-10-24)21(26)27-6-2/h13,15H,5-12H2,1-4H3,(H,22,23,25)/p+1/t13-/m1/s1. The Bertz CT molecular complexity index is 881. The van der Waals surface area contributed by atoms with Gasteiger partial charge < -0.3 is 14.6 Å². The zero-order valence-corrected chi connectivity index (χ0v) is 18.2. The zero-order valence-electron chi connectivity index (χ0n) is 17.4. The number of nitrogens with zero attached hydrogens (tertiary/aromatic N) is 1. The highest BCUT2D eigenvalue weighted by atomic mass is 32.1. The first-order valence-electron chi connectivity index (χ1n) is 10.4. The van der Waals surface area contributed by atoms with Crippen LogP contribution in [0.5, 0.6) is 0 Å². The van der Waals surface area contributed by atoms with Crippen LogP contribution >= 0.6 is 11.3 Å². The molecule has 1 atom stereocenters. The molecule has 0 aliphatic carbocycles. The number of quaternary nitrogens is 1. The van der Waals surface area contributed by atoms with Crippen LogP contribution in [0.25, 0.3) is 10.2 Å². The number of H-pyrrole nitrogens is 1. The van der Waals surface area contributed by atoms with Crippen molar-refractivity contribution in [3.05, 3.63) is 26.6 Å². The summed E-state index contributed by atoms with van der Waals surface area (Å²) in [5.74, 6) is 1.25. The minimum absolute atomic E-state index is 0.0107. The number of aromatic nitrogens is 2. The van der Waals surface area contributed by atoms with Crippen LogP contribution in [0.1, 0.15) is 56.3 Å². The van der Waals surface area contributed by atoms with Crippen LogP contribution in [0.3, 0.4) is 0 Å². The molecule has 7 heteroatoms. The maximum Gasteiger partial charge on any atom is 0.309 e. The van der Waals surface area contributed by atoms with Gasteiger partial charge in [0, 0.05) is 17.7 Å². The second-order valence-electron chi connectivity index (χ2n) is 8.00. The number of likely N-dealkylation sites (tertiary alicyclic amines) is 1. The number of aryl methyl sites for hydroxylation is 1. The second kappa shape index (κ2) is 9.18. The lowest BCUT2D eigenvalue weighted by Crippen LogP contribution is -3.12. The number of carbonyl (C=O) groups is 1. The number of piperidine rings is 1. The number of nitrogens with one attached hydrogen (secondary N) is 2. The summed E-state index contributed by atoms with van der Waals surface area (Å²) in [5, 5.41) is 0.780. The Morgan fingerprint density at radius 3 is 2.71 bits per heavy atom. The first kappa shape index (κ1) is 21.0. The van der Waals surface area contributed by atoms with Gasteiger partial charge in [0.15, 0.2) is 5.82 Å². The van der Waals surface area contributed by atoms with Gasteiger partial charge >= 0.3 is 5.97 Å². The number of esters is 1. The molecule has 0 saturated carbocycles. The Labute approximate surface area is 170 Å². The van der Waals surface area contributed by atoms with Gasteiger partial charge in [-0.05, 0) is 31.7 Å². The molecule has 1 aliphatic heterocycles. The van der Waals surface area contributed by atoms with Crippen LogP contribution in [-0.2, 0) is 22.5 Å². The molecule has 154 valence electrons. The molecule has 0 aromatic carbocycles. The summed E-state index contributed by atoms with van der Waals surface area (Å²) < 4.78 is 5.14. The molecule has 2 N–H and O–H groups in total. The van der Waals surface area contributed by atoms with Crippen molar-refractivity contribution in [3.63, 3.8) is 0 Å². The summed E-state index contributed by atoms with van der Waals surface area (Å²) in [6.07, 6.45) is 3.69. The van der Waals surface area contributed by atoms with E-state index >= 15 is 0 Å². The number of thiophene rings is 1. The largest absolute Gasteiger partial charge is 0.466 e. The molecule has 28 heavy (non-hydrogen) atoms. The number of rotatable bonds is 7. The highest BCUT2D eigenvalue weighted by molar-refractivity contribution is 7.18. The predicted molar refractivity (Wildman–Crippen MR) is 112 cm³/mol. The molecule has 0 bridgehead atoms. The van der Waals surface area contributed by atoms with E-state index in [4.69, 9.17) is 9.72 Å². The van der Waals surface area contributed by atoms with Crippen molar-refractivity contribution < 1.29 is 14.4 Å². The number of fused-ring (bicyclic) bond motifs is 1. The number of hydrogen-bond acceptors (Lipinski definition) is 5. The van der Waals surface area contributed by atoms with E-state index in [0.717, 1.165) is 60.4 Å². The Hall–Kier alpha value is -1.73. The second-order valence-corrected chi connectivity index (χ2v) is 9.20. The fourth-order valence-corrected chi connectivity index (χ4v) is 5.05. The third kappa shape index (κ3) is 4.63. The molecule has 1 aliphatic rings. The molecule has 1 saturated heterocycles. The summed E-state index contributed by atoms with van der Waals surface area (Å²) in [6.45, 7) is 11.3. The monoisotopic (exact) mass is 406 g/mol. The van der Waals surface area contributed by atoms with Crippen LogP contribution in [0.2, 0.25) is 0 Å². The molecule has 0 amide bonds. The molecule has 0 spiro atoms. The van der Waals surface area contributed by atoms with E-state index in [1.165, 1.54) is 9.78 Å². The van der Waals surface area contributed by atoms with Crippen molar-refractivity contribution in [3.8, 4) is 0 Å². The third-order valence-electron chi connectivity index (χ3n) is 5.89. The lowest BCUT2D eigenvalue weighted by Gasteiger charge is -2.27. The minimum atomic E-state index is -0.0719. The lowest BCUT2D eigenvalue weighted by molar-refractivity contribution is -0.920. The first-order chi connectivity index (χ1) is 13.4. The molecule has 0 radical (unpaired) electrons. The Balaban J connectivity index is 1.72. The topological polar surface area (TPSA) is 76.5 Å². The fraction of sp³-hybridized carbons (Fsp3) is 0.667. The average molecular weight is 407 g/mol. The van der Waals surface area contributed by atoms with Crippen molar-refractivity contribution in [1.82, 2.24) is 9.97 Å². The van der Waals surface area contributed by atoms with Gasteiger partial charge in [-0.3, -0.25) is 9.59 Å². The molecule has 6 nitrogen and oxygen atoms in total. The van der Waals surface area contributed by atoms with Crippen LogP contribution in [0, 0.1) is 18.8 Å². The maximum absolute atomic E-state index is 12.8. The van der Waals surface area contributed by atoms with E-state index < -0.39 is 0 Å². The summed E-state index contributed by atoms with van der Waals surface area (Å²) in [5.41, 5.74) is 1.15. The fourth-order valence-electron chi connectivity index (χ4n) is 3.98. The van der Waals surface area contributed by atoms with Gasteiger partial charge in [0.05, 0.1) is 31.0 Å². The molecule has 3 rings (SSSR count). The van der Waals surface area contributed by atoms with E-state index in [-0.39, 0.29) is 17.4 Å². The summed E-state index contributed by atoms with van der Waals surface area (Å²) in [4.78, 5) is 35.9. The summed E-state index contributed by atoms with van der Waals surface area (Å²) >= 11 is 1.63. The molecule has 0 unspecified atom stereocenters. The normalized spacial score (nSPS) is 21.0. The number of carbonyl (C=O) groups excluding carboxylic acids is 1. The molecular formula is C21H32N3O3S+. The van der Waals surface area contributed by atoms with Gasteiger partial charge in [0.1, 0.15) is 11.4 Å². The van der Waals surface area contributed by atoms with Gasteiger partial charge in [-0.1, -0.05) is 20.3 Å². The van der Waals surface area contributed by atoms with Gasteiger partial charge in [-0.15, -0.1) is 11.3 Å². The zero-order chi connectivity index (χ0) is 20.3. The Kier molecular flexibility index (Phi) is 6.88. The summed E-state index contributed by atoms with van der Waals surface area (Å²) in [6, 6.07) is 0. The predicted octanol–water partition coefficient (Wildman–Crippen LogP) is 2.24. The Morgan fingerprint density at radius 1 is 1.36 bits per heavy atom. The number of hydrogen-bond donors (Lipinski definition) is 2. The van der Waals surface area contributed by atoms with Crippen LogP contribution in [-0.4, -0.2) is 35.6 Å². The van der Waals surface area contributed by atoms with Gasteiger partial charge in [0.25, 0.3) is 5.56 Å². The Morgan fingerprint density at radius 2 is 2.07 bits per heavy atom. The van der Waals surface area contributed by atoms with Crippen molar-refractivity contribution in [2.24, 2.45) is 11.8 Å². The third-order valence-corrected chi connectivity index (χ3v) is 6.93. The highest BCUT2D eigenvalue weighted by Gasteiger charge is 2.29. The van der Waals surface area contributed by atoms with Crippen LogP contribution < -0.4 is 10.5 Å². The number of ether oxygens (including phenoxy) is 1. The average Bonchev–Trinajstić information content (AvgIpc) is 2.98. The molecule has 1 fully saturated rings. The maximum atomic E-state index is 12.8. The number of aromatic amines is 1. The van der Waals surface area contributed by atoms with Gasteiger partial charge in [-0.2, -0.15) is 0 Å². The van der Waals surface area contributed by atoms with Crippen LogP contribution in [0.4, 0.5) is 0 Å². The van der Waals surface area contributed by atoms with Crippen LogP contribution in [0.15, 0.2) is 4.79 Å². The molecule has 2 aromatic heterocycles. The van der Waals surface area contributed by atoms with E-state index in [1.807, 2.05) is 6.92 Å². The molecule has 2 aromatic rings. The smallest absolute Gasteiger partial charge is 0.309 e. The molecule has 3 heterocycles. The quantitative estimate of drug-likeness (QED) is 0.692. The summed E-state index contributed by atoms with van der Waals surface area (Å²) in [7, 11) is 0. The minimum Gasteiger partial charge on any atom is -0.466 e. The van der Waals surface area contributed by atoms with E-state index in [2.05, 4.69) is 25.8 Å². The molecular weight excluding hydrogens is 374 g/mol. The van der Waals surface area contributed by atoms with Crippen molar-refractivity contribution >= 4 is 27.5 Å². The van der Waals surface area contributed by atoms with Crippen molar-refractivity contribution in [2.45, 2.75) is 59.9 Å². The van der Waals surface area contributed by atoms with E-state index in [0.29, 0.717) is 19.1 Å². The van der Waals surface area contributed by atoms with Gasteiger partial charge in [0.2, 0.25) is 0 Å². The van der Waals surface area contributed by atoms with Gasteiger partial charge in [-0.25, -0.2) is 4.98 Å². The lowest BCUT2D eigenvalue weighted by atomic mass is 9.97. The van der Waals surface area contributed by atoms with Crippen molar-refractivity contribution in [1.29, 1.82) is 0 Å².